The van der Waals surface area contributed by atoms with Crippen molar-refractivity contribution in [3.8, 4) is 5.75 Å². The number of benzene rings is 1. The SMILES string of the molecule is O=C(O)C1OC(Oc2cnc3ccccc3c2)C(O)C(O)C1O. The van der Waals surface area contributed by atoms with E-state index < -0.39 is 36.7 Å². The van der Waals surface area contributed by atoms with E-state index in [0.717, 1.165) is 10.9 Å². The molecule has 23 heavy (non-hydrogen) atoms. The maximum atomic E-state index is 11.0. The standard InChI is InChI=1S/C15H15NO7/c17-10-11(18)13(14(20)21)23-15(12(10)19)22-8-5-7-3-1-2-4-9(7)16-6-8/h1-6,10-13,15,17-19H,(H,20,21). The Kier molecular flexibility index (Phi) is 4.14. The monoisotopic (exact) mass is 321 g/mol. The maximum absolute atomic E-state index is 11.0. The molecule has 4 N–H and O–H groups in total. The lowest BCUT2D eigenvalue weighted by molar-refractivity contribution is -0.271. The van der Waals surface area contributed by atoms with Gasteiger partial charge >= 0.3 is 5.97 Å². The largest absolute Gasteiger partial charge is 0.479 e. The van der Waals surface area contributed by atoms with E-state index in [0.29, 0.717) is 0 Å². The van der Waals surface area contributed by atoms with Gasteiger partial charge in [-0.3, -0.25) is 4.98 Å². The first kappa shape index (κ1) is 15.6. The lowest BCUT2D eigenvalue weighted by atomic mass is 9.99. The highest BCUT2D eigenvalue weighted by Crippen LogP contribution is 2.25. The summed E-state index contributed by atoms with van der Waals surface area (Å²) in [6.45, 7) is 0. The van der Waals surface area contributed by atoms with Crippen LogP contribution in [0.25, 0.3) is 10.9 Å². The molecule has 5 unspecified atom stereocenters. The fourth-order valence-electron chi connectivity index (χ4n) is 2.40. The fourth-order valence-corrected chi connectivity index (χ4v) is 2.40. The zero-order valence-corrected chi connectivity index (χ0v) is 11.8. The minimum atomic E-state index is -1.75. The molecule has 0 bridgehead atoms. The third kappa shape index (κ3) is 2.97. The minimum Gasteiger partial charge on any atom is -0.479 e. The van der Waals surface area contributed by atoms with Crippen molar-refractivity contribution in [2.75, 3.05) is 0 Å². The van der Waals surface area contributed by atoms with Gasteiger partial charge in [0, 0.05) is 5.39 Å². The summed E-state index contributed by atoms with van der Waals surface area (Å²) in [6.07, 6.45) is -6.82. The Balaban J connectivity index is 1.83. The van der Waals surface area contributed by atoms with Crippen molar-refractivity contribution in [2.45, 2.75) is 30.7 Å². The van der Waals surface area contributed by atoms with E-state index in [-0.39, 0.29) is 5.75 Å². The fraction of sp³-hybridized carbons (Fsp3) is 0.333. The number of hydrogen-bond donors (Lipinski definition) is 4. The lowest BCUT2D eigenvalue weighted by Crippen LogP contribution is -2.61. The van der Waals surface area contributed by atoms with Gasteiger partial charge in [-0.2, -0.15) is 0 Å². The Morgan fingerprint density at radius 1 is 1.13 bits per heavy atom. The number of aliphatic hydroxyl groups excluding tert-OH is 3. The molecule has 1 fully saturated rings. The van der Waals surface area contributed by atoms with E-state index in [1.54, 1.807) is 6.07 Å². The van der Waals surface area contributed by atoms with Crippen molar-refractivity contribution < 1.29 is 34.7 Å². The number of carbonyl (C=O) groups is 1. The highest BCUT2D eigenvalue weighted by atomic mass is 16.7. The molecule has 2 aromatic rings. The van der Waals surface area contributed by atoms with Crippen LogP contribution in [0.15, 0.2) is 36.5 Å². The second-order valence-corrected chi connectivity index (χ2v) is 5.22. The molecule has 3 rings (SSSR count). The molecule has 122 valence electrons. The number of pyridine rings is 1. The summed E-state index contributed by atoms with van der Waals surface area (Å²) in [6, 6.07) is 8.92. The summed E-state index contributed by atoms with van der Waals surface area (Å²) in [5.41, 5.74) is 0.740. The third-order valence-corrected chi connectivity index (χ3v) is 3.63. The van der Waals surface area contributed by atoms with E-state index in [1.165, 1.54) is 6.20 Å². The average Bonchev–Trinajstić information content (AvgIpc) is 2.55. The Morgan fingerprint density at radius 2 is 1.87 bits per heavy atom. The van der Waals surface area contributed by atoms with Crippen LogP contribution in [0.4, 0.5) is 0 Å². The summed E-state index contributed by atoms with van der Waals surface area (Å²) in [5, 5.41) is 39.1. The first-order valence-electron chi connectivity index (χ1n) is 6.91. The summed E-state index contributed by atoms with van der Waals surface area (Å²) in [7, 11) is 0. The van der Waals surface area contributed by atoms with E-state index >= 15 is 0 Å². The van der Waals surface area contributed by atoms with E-state index in [9.17, 15) is 20.1 Å². The summed E-state index contributed by atoms with van der Waals surface area (Å²) < 4.78 is 10.5. The van der Waals surface area contributed by atoms with Gasteiger partial charge in [0.15, 0.2) is 6.10 Å². The van der Waals surface area contributed by atoms with E-state index in [1.807, 2.05) is 24.3 Å². The molecule has 1 aromatic carbocycles. The Hall–Kier alpha value is -2.26. The van der Waals surface area contributed by atoms with Crippen LogP contribution in [0.3, 0.4) is 0 Å². The molecule has 0 saturated carbocycles. The number of aromatic nitrogens is 1. The molecule has 0 aliphatic carbocycles. The van der Waals surface area contributed by atoms with Gasteiger partial charge in [-0.05, 0) is 12.1 Å². The predicted molar refractivity (Wildman–Crippen MR) is 76.7 cm³/mol. The van der Waals surface area contributed by atoms with Crippen molar-refractivity contribution >= 4 is 16.9 Å². The number of carboxylic acid groups (broad SMARTS) is 1. The molecular formula is C15H15NO7. The third-order valence-electron chi connectivity index (χ3n) is 3.63. The zero-order valence-electron chi connectivity index (χ0n) is 11.8. The molecule has 8 nitrogen and oxygen atoms in total. The predicted octanol–water partition coefficient (Wildman–Crippen LogP) is -0.494. The van der Waals surface area contributed by atoms with Crippen LogP contribution in [0.1, 0.15) is 0 Å². The molecule has 0 radical (unpaired) electrons. The van der Waals surface area contributed by atoms with Crippen LogP contribution in [0.2, 0.25) is 0 Å². The summed E-state index contributed by atoms with van der Waals surface area (Å²) in [5.74, 6) is -1.23. The van der Waals surface area contributed by atoms with Crippen LogP contribution >= 0.6 is 0 Å². The number of nitrogens with zero attached hydrogens (tertiary/aromatic N) is 1. The van der Waals surface area contributed by atoms with E-state index in [2.05, 4.69) is 4.98 Å². The molecule has 2 heterocycles. The molecule has 1 aromatic heterocycles. The number of carboxylic acids is 1. The first-order valence-corrected chi connectivity index (χ1v) is 6.91. The molecule has 0 amide bonds. The molecular weight excluding hydrogens is 306 g/mol. The zero-order chi connectivity index (χ0) is 16.6. The van der Waals surface area contributed by atoms with Crippen LogP contribution in [-0.4, -0.2) is 62.1 Å². The van der Waals surface area contributed by atoms with Gasteiger partial charge in [0.05, 0.1) is 11.7 Å². The van der Waals surface area contributed by atoms with Gasteiger partial charge in [-0.25, -0.2) is 4.79 Å². The molecule has 0 spiro atoms. The molecule has 1 saturated heterocycles. The first-order chi connectivity index (χ1) is 11.0. The van der Waals surface area contributed by atoms with Gasteiger partial charge in [0.25, 0.3) is 0 Å². The van der Waals surface area contributed by atoms with Crippen LogP contribution < -0.4 is 4.74 Å². The Labute approximate surface area is 130 Å². The molecule has 1 aliphatic rings. The van der Waals surface area contributed by atoms with Crippen molar-refractivity contribution in [3.63, 3.8) is 0 Å². The number of aliphatic hydroxyl groups is 3. The van der Waals surface area contributed by atoms with E-state index in [4.69, 9.17) is 14.6 Å². The lowest BCUT2D eigenvalue weighted by Gasteiger charge is -2.38. The van der Waals surface area contributed by atoms with Gasteiger partial charge in [0.1, 0.15) is 24.1 Å². The highest BCUT2D eigenvalue weighted by Gasteiger charge is 2.48. The minimum absolute atomic E-state index is 0.237. The number of fused-ring (bicyclic) bond motifs is 1. The number of rotatable bonds is 3. The van der Waals surface area contributed by atoms with Crippen molar-refractivity contribution in [1.29, 1.82) is 0 Å². The normalized spacial score (nSPS) is 31.0. The maximum Gasteiger partial charge on any atom is 0.335 e. The Morgan fingerprint density at radius 3 is 2.61 bits per heavy atom. The van der Waals surface area contributed by atoms with Crippen molar-refractivity contribution in [2.24, 2.45) is 0 Å². The van der Waals surface area contributed by atoms with Crippen LogP contribution in [0, 0.1) is 0 Å². The van der Waals surface area contributed by atoms with Gasteiger partial charge in [-0.1, -0.05) is 18.2 Å². The van der Waals surface area contributed by atoms with Crippen LogP contribution in [-0.2, 0) is 9.53 Å². The highest BCUT2D eigenvalue weighted by molar-refractivity contribution is 5.79. The van der Waals surface area contributed by atoms with Gasteiger partial charge in [0.2, 0.25) is 6.29 Å². The van der Waals surface area contributed by atoms with Crippen LogP contribution in [0.5, 0.6) is 5.75 Å². The number of hydrogen-bond acceptors (Lipinski definition) is 7. The molecule has 8 heteroatoms. The Bertz CT molecular complexity index is 722. The number of aliphatic carboxylic acids is 1. The molecule has 1 aliphatic heterocycles. The second-order valence-electron chi connectivity index (χ2n) is 5.22. The van der Waals surface area contributed by atoms with Gasteiger partial charge in [-0.15, -0.1) is 0 Å². The second kappa shape index (κ2) is 6.09. The van der Waals surface area contributed by atoms with Crippen molar-refractivity contribution in [3.05, 3.63) is 36.5 Å². The van der Waals surface area contributed by atoms with Crippen molar-refractivity contribution in [1.82, 2.24) is 4.98 Å². The quantitative estimate of drug-likeness (QED) is 0.596. The molecule has 5 atom stereocenters. The number of para-hydroxylation sites is 1. The smallest absolute Gasteiger partial charge is 0.335 e. The van der Waals surface area contributed by atoms with Gasteiger partial charge < -0.3 is 29.9 Å². The topological polar surface area (TPSA) is 129 Å². The summed E-state index contributed by atoms with van der Waals surface area (Å²) >= 11 is 0. The summed E-state index contributed by atoms with van der Waals surface area (Å²) in [4.78, 5) is 15.2. The number of ether oxygens (including phenoxy) is 2. The average molecular weight is 321 g/mol.